The van der Waals surface area contributed by atoms with Gasteiger partial charge in [-0.15, -0.1) is 0 Å². The molecule has 5 N–H and O–H groups in total. The van der Waals surface area contributed by atoms with E-state index in [1.54, 1.807) is 32.0 Å². The first-order valence-corrected chi connectivity index (χ1v) is 12.8. The molecule has 4 rings (SSSR count). The molecular formula is C25H27N7O3S. The molecule has 0 radical (unpaired) electrons. The fourth-order valence-corrected chi connectivity index (χ4v) is 5.22. The molecule has 4 aromatic rings. The molecular weight excluding hydrogens is 478 g/mol. The number of carbonyl (C=O) groups excluding carboxylic acids is 1. The Morgan fingerprint density at radius 3 is 2.31 bits per heavy atom. The fraction of sp³-hybridized carbons (Fsp3) is 0.160. The first kappa shape index (κ1) is 24.9. The maximum absolute atomic E-state index is 12.8. The number of benzene rings is 3. The Hall–Kier alpha value is -4.22. The van der Waals surface area contributed by atoms with Gasteiger partial charge in [-0.2, -0.15) is 4.31 Å². The predicted octanol–water partition coefficient (Wildman–Crippen LogP) is 3.74. The summed E-state index contributed by atoms with van der Waals surface area (Å²) in [7, 11) is -3.55. The Morgan fingerprint density at radius 1 is 0.917 bits per heavy atom. The van der Waals surface area contributed by atoms with Gasteiger partial charge in [0.25, 0.3) is 5.91 Å². The van der Waals surface area contributed by atoms with Crippen LogP contribution in [0.1, 0.15) is 24.2 Å². The second-order valence-electron chi connectivity index (χ2n) is 7.83. The number of hydrazine groups is 1. The Balaban J connectivity index is 1.47. The van der Waals surface area contributed by atoms with E-state index >= 15 is 0 Å². The highest BCUT2D eigenvalue weighted by Gasteiger charge is 2.21. The molecule has 1 aromatic heterocycles. The number of carbonyl (C=O) groups is 1. The Kier molecular flexibility index (Phi) is 7.32. The minimum Gasteiger partial charge on any atom is -0.393 e. The smallest absolute Gasteiger partial charge is 0.270 e. The summed E-state index contributed by atoms with van der Waals surface area (Å²) in [6.45, 7) is 4.38. The monoisotopic (exact) mass is 505 g/mol. The van der Waals surface area contributed by atoms with Crippen LogP contribution in [0, 0.1) is 0 Å². The summed E-state index contributed by atoms with van der Waals surface area (Å²) in [5.41, 5.74) is 12.9. The molecule has 3 aromatic carbocycles. The summed E-state index contributed by atoms with van der Waals surface area (Å²) in [5, 5.41) is 4.83. The summed E-state index contributed by atoms with van der Waals surface area (Å²) in [6, 6.07) is 19.4. The first-order valence-electron chi connectivity index (χ1n) is 11.4. The number of fused-ring (bicyclic) bond motifs is 1. The van der Waals surface area contributed by atoms with Gasteiger partial charge >= 0.3 is 0 Å². The van der Waals surface area contributed by atoms with Crippen molar-refractivity contribution < 1.29 is 13.2 Å². The lowest BCUT2D eigenvalue weighted by Gasteiger charge is -2.18. The molecule has 11 heteroatoms. The number of anilines is 4. The van der Waals surface area contributed by atoms with Crippen LogP contribution in [-0.2, 0) is 10.0 Å². The zero-order chi connectivity index (χ0) is 25.7. The van der Waals surface area contributed by atoms with Crippen LogP contribution < -0.4 is 21.9 Å². The Bertz CT molecular complexity index is 1480. The van der Waals surface area contributed by atoms with Crippen LogP contribution in [0.3, 0.4) is 0 Å². The van der Waals surface area contributed by atoms with Gasteiger partial charge in [0.1, 0.15) is 12.0 Å². The van der Waals surface area contributed by atoms with Crippen molar-refractivity contribution in [3.63, 3.8) is 0 Å². The number of hydrogen-bond acceptors (Lipinski definition) is 8. The normalized spacial score (nSPS) is 11.4. The van der Waals surface area contributed by atoms with Crippen molar-refractivity contribution >= 4 is 49.7 Å². The molecule has 0 fully saturated rings. The van der Waals surface area contributed by atoms with Crippen LogP contribution >= 0.6 is 0 Å². The quantitative estimate of drug-likeness (QED) is 0.252. The van der Waals surface area contributed by atoms with Gasteiger partial charge in [0.2, 0.25) is 10.0 Å². The van der Waals surface area contributed by atoms with E-state index in [4.69, 9.17) is 5.73 Å². The van der Waals surface area contributed by atoms with Crippen molar-refractivity contribution in [2.45, 2.75) is 18.7 Å². The number of amides is 1. The summed E-state index contributed by atoms with van der Waals surface area (Å²) in [6.07, 6.45) is 1.30. The van der Waals surface area contributed by atoms with Crippen LogP contribution in [0.15, 0.2) is 78.0 Å². The highest BCUT2D eigenvalue weighted by molar-refractivity contribution is 7.89. The molecule has 0 aliphatic rings. The fourth-order valence-electron chi connectivity index (χ4n) is 3.76. The summed E-state index contributed by atoms with van der Waals surface area (Å²) in [4.78, 5) is 21.3. The summed E-state index contributed by atoms with van der Waals surface area (Å²) >= 11 is 0. The van der Waals surface area contributed by atoms with Gasteiger partial charge in [-0.3, -0.25) is 15.6 Å². The minimum absolute atomic E-state index is 0.176. The van der Waals surface area contributed by atoms with Crippen molar-refractivity contribution in [3.05, 3.63) is 78.6 Å². The first-order chi connectivity index (χ1) is 17.3. The second-order valence-corrected chi connectivity index (χ2v) is 9.77. The molecule has 186 valence electrons. The van der Waals surface area contributed by atoms with Gasteiger partial charge in [-0.05, 0) is 41.1 Å². The lowest BCUT2D eigenvalue weighted by Crippen LogP contribution is -2.30. The molecule has 1 heterocycles. The predicted molar refractivity (Wildman–Crippen MR) is 141 cm³/mol. The van der Waals surface area contributed by atoms with Gasteiger partial charge in [0.05, 0.1) is 4.90 Å². The van der Waals surface area contributed by atoms with Crippen molar-refractivity contribution in [1.82, 2.24) is 19.7 Å². The third-order valence-corrected chi connectivity index (χ3v) is 7.74. The minimum atomic E-state index is -3.55. The molecule has 1 amide bonds. The summed E-state index contributed by atoms with van der Waals surface area (Å²) in [5.74, 6) is 0.164. The molecule has 0 spiro atoms. The largest absolute Gasteiger partial charge is 0.393 e. The molecule has 0 bridgehead atoms. The molecule has 0 saturated heterocycles. The van der Waals surface area contributed by atoms with Gasteiger partial charge in [-0.1, -0.05) is 50.2 Å². The van der Waals surface area contributed by atoms with Crippen LogP contribution in [0.4, 0.5) is 23.0 Å². The molecule has 36 heavy (non-hydrogen) atoms. The number of nitrogens with zero attached hydrogens (tertiary/aromatic N) is 3. The van der Waals surface area contributed by atoms with Gasteiger partial charge in [-0.25, -0.2) is 18.4 Å². The van der Waals surface area contributed by atoms with E-state index < -0.39 is 10.0 Å². The van der Waals surface area contributed by atoms with Crippen LogP contribution in [0.25, 0.3) is 10.8 Å². The van der Waals surface area contributed by atoms with Crippen LogP contribution in [0.5, 0.6) is 0 Å². The SMILES string of the molecule is CCN(CC)S(=O)(=O)c1ccc(Nc2ncnc(NNC(=O)c3cccc4ccccc34)c2N)cc1. The summed E-state index contributed by atoms with van der Waals surface area (Å²) < 4.78 is 26.8. The van der Waals surface area contributed by atoms with Gasteiger partial charge < -0.3 is 11.1 Å². The van der Waals surface area contributed by atoms with Crippen molar-refractivity contribution in [1.29, 1.82) is 0 Å². The average molecular weight is 506 g/mol. The third kappa shape index (κ3) is 5.07. The number of sulfonamides is 1. The van der Waals surface area contributed by atoms with E-state index in [1.807, 2.05) is 36.4 Å². The van der Waals surface area contributed by atoms with E-state index in [9.17, 15) is 13.2 Å². The average Bonchev–Trinajstić information content (AvgIpc) is 2.89. The second kappa shape index (κ2) is 10.6. The van der Waals surface area contributed by atoms with Crippen LogP contribution in [-0.4, -0.2) is 41.7 Å². The maximum Gasteiger partial charge on any atom is 0.270 e. The molecule has 0 aliphatic heterocycles. The van der Waals surface area contributed by atoms with E-state index in [-0.39, 0.29) is 22.3 Å². The van der Waals surface area contributed by atoms with Gasteiger partial charge in [0.15, 0.2) is 11.6 Å². The van der Waals surface area contributed by atoms with E-state index in [2.05, 4.69) is 26.1 Å². The molecule has 10 nitrogen and oxygen atoms in total. The Morgan fingerprint density at radius 2 is 1.58 bits per heavy atom. The number of nitrogens with one attached hydrogen (secondary N) is 3. The Labute approximate surface area is 209 Å². The topological polar surface area (TPSA) is 142 Å². The van der Waals surface area contributed by atoms with Gasteiger partial charge in [0, 0.05) is 24.3 Å². The highest BCUT2D eigenvalue weighted by Crippen LogP contribution is 2.27. The van der Waals surface area contributed by atoms with Crippen molar-refractivity contribution in [2.75, 3.05) is 29.6 Å². The van der Waals surface area contributed by atoms with Crippen LogP contribution in [0.2, 0.25) is 0 Å². The molecule has 0 atom stereocenters. The lowest BCUT2D eigenvalue weighted by molar-refractivity contribution is 0.0964. The number of nitrogens with two attached hydrogens (primary N) is 1. The van der Waals surface area contributed by atoms with E-state index in [1.165, 1.54) is 22.8 Å². The number of hydrogen-bond donors (Lipinski definition) is 4. The maximum atomic E-state index is 12.8. The molecule has 0 unspecified atom stereocenters. The third-order valence-electron chi connectivity index (χ3n) is 5.67. The number of nitrogen functional groups attached to an aromatic ring is 1. The molecule has 0 saturated carbocycles. The zero-order valence-corrected chi connectivity index (χ0v) is 20.7. The highest BCUT2D eigenvalue weighted by atomic mass is 32.2. The zero-order valence-electron chi connectivity index (χ0n) is 19.9. The van der Waals surface area contributed by atoms with Crippen molar-refractivity contribution in [2.24, 2.45) is 0 Å². The van der Waals surface area contributed by atoms with E-state index in [0.717, 1.165) is 10.8 Å². The standard InChI is InChI=1S/C25H27N7O3S/c1-3-32(4-2)36(34,35)19-14-12-18(13-15-19)29-23-22(26)24(28-16-27-23)30-31-25(33)21-11-7-9-17-8-5-6-10-20(17)21/h5-16H,3-4,26H2,1-2H3,(H,31,33)(H2,27,28,29,30). The molecule has 0 aliphatic carbocycles. The lowest BCUT2D eigenvalue weighted by atomic mass is 10.0. The number of aromatic nitrogens is 2. The van der Waals surface area contributed by atoms with Crippen molar-refractivity contribution in [3.8, 4) is 0 Å². The number of rotatable bonds is 9. The van der Waals surface area contributed by atoms with E-state index in [0.29, 0.717) is 30.2 Å².